The molecule has 0 saturated heterocycles. The van der Waals surface area contributed by atoms with Gasteiger partial charge in [0.2, 0.25) is 5.91 Å². The van der Waals surface area contributed by atoms with Crippen molar-refractivity contribution in [1.29, 1.82) is 0 Å². The smallest absolute Gasteiger partial charge is 0.305 e. The lowest BCUT2D eigenvalue weighted by Crippen LogP contribution is -2.34. The molecule has 0 spiro atoms. The summed E-state index contributed by atoms with van der Waals surface area (Å²) in [4.78, 5) is 24.0. The summed E-state index contributed by atoms with van der Waals surface area (Å²) in [5.41, 5.74) is 0. The van der Waals surface area contributed by atoms with E-state index in [-0.39, 0.29) is 12.3 Å². The molecule has 17 heavy (non-hydrogen) atoms. The van der Waals surface area contributed by atoms with Crippen LogP contribution < -0.4 is 0 Å². The van der Waals surface area contributed by atoms with Crippen LogP contribution >= 0.6 is 0 Å². The lowest BCUT2D eigenvalue weighted by molar-refractivity contribution is -0.138. The summed E-state index contributed by atoms with van der Waals surface area (Å²) < 4.78 is 0. The average molecular weight is 241 g/mol. The monoisotopic (exact) mass is 241 g/mol. The van der Waals surface area contributed by atoms with Gasteiger partial charge in [-0.3, -0.25) is 9.59 Å². The topological polar surface area (TPSA) is 57.6 Å². The maximum absolute atomic E-state index is 11.8. The van der Waals surface area contributed by atoms with E-state index in [0.29, 0.717) is 31.8 Å². The Morgan fingerprint density at radius 3 is 2.41 bits per heavy atom. The van der Waals surface area contributed by atoms with Crippen molar-refractivity contribution in [1.82, 2.24) is 4.90 Å². The molecule has 0 bridgehead atoms. The van der Waals surface area contributed by atoms with Crippen molar-refractivity contribution in [3.63, 3.8) is 0 Å². The zero-order chi connectivity index (χ0) is 13.3. The van der Waals surface area contributed by atoms with Gasteiger partial charge in [0.25, 0.3) is 0 Å². The van der Waals surface area contributed by atoms with E-state index in [0.717, 1.165) is 6.42 Å². The van der Waals surface area contributed by atoms with Crippen LogP contribution in [0.4, 0.5) is 0 Å². The molecule has 0 aliphatic rings. The van der Waals surface area contributed by atoms with E-state index < -0.39 is 5.97 Å². The number of hydrogen-bond donors (Lipinski definition) is 1. The van der Waals surface area contributed by atoms with E-state index in [4.69, 9.17) is 5.11 Å². The molecule has 4 nitrogen and oxygen atoms in total. The van der Waals surface area contributed by atoms with Crippen LogP contribution in [0.1, 0.15) is 39.5 Å². The molecular weight excluding hydrogens is 218 g/mol. The minimum absolute atomic E-state index is 0.0118. The quantitative estimate of drug-likeness (QED) is 0.630. The van der Waals surface area contributed by atoms with Crippen molar-refractivity contribution in [2.75, 3.05) is 13.1 Å². The Kier molecular flexibility index (Phi) is 8.11. The molecule has 0 radical (unpaired) electrons. The molecule has 0 aromatic heterocycles. The molecule has 0 aromatic carbocycles. The number of hydrogen-bond acceptors (Lipinski definition) is 2. The lowest BCUT2D eigenvalue weighted by atomic mass is 10.1. The number of aliphatic carboxylic acids is 1. The van der Waals surface area contributed by atoms with Crippen LogP contribution in [0, 0.1) is 5.92 Å². The van der Waals surface area contributed by atoms with E-state index >= 15 is 0 Å². The fraction of sp³-hybridized carbons (Fsp3) is 0.692. The van der Waals surface area contributed by atoms with Gasteiger partial charge in [0.1, 0.15) is 0 Å². The first-order chi connectivity index (χ1) is 7.97. The SMILES string of the molecule is C=CCCC(=O)N(CCC(=O)O)CCC(C)C. The highest BCUT2D eigenvalue weighted by Crippen LogP contribution is 2.06. The zero-order valence-electron chi connectivity index (χ0n) is 10.8. The van der Waals surface area contributed by atoms with E-state index in [2.05, 4.69) is 20.4 Å². The summed E-state index contributed by atoms with van der Waals surface area (Å²) in [5.74, 6) is -0.336. The lowest BCUT2D eigenvalue weighted by Gasteiger charge is -2.22. The number of amides is 1. The minimum Gasteiger partial charge on any atom is -0.481 e. The molecule has 0 aliphatic carbocycles. The summed E-state index contributed by atoms with van der Waals surface area (Å²) in [5, 5.41) is 8.64. The van der Waals surface area contributed by atoms with Gasteiger partial charge in [-0.05, 0) is 18.8 Å². The number of rotatable bonds is 9. The largest absolute Gasteiger partial charge is 0.481 e. The van der Waals surface area contributed by atoms with Crippen LogP contribution in [0.2, 0.25) is 0 Å². The second kappa shape index (κ2) is 8.79. The minimum atomic E-state index is -0.865. The van der Waals surface area contributed by atoms with Gasteiger partial charge in [-0.15, -0.1) is 6.58 Å². The molecule has 1 N–H and O–H groups in total. The van der Waals surface area contributed by atoms with E-state index in [1.54, 1.807) is 11.0 Å². The number of allylic oxidation sites excluding steroid dienone is 1. The van der Waals surface area contributed by atoms with Gasteiger partial charge in [0.15, 0.2) is 0 Å². The van der Waals surface area contributed by atoms with Crippen molar-refractivity contribution < 1.29 is 14.7 Å². The highest BCUT2D eigenvalue weighted by atomic mass is 16.4. The summed E-state index contributed by atoms with van der Waals surface area (Å²) in [6.07, 6.45) is 3.68. The van der Waals surface area contributed by atoms with Crippen molar-refractivity contribution in [3.05, 3.63) is 12.7 Å². The molecule has 0 rings (SSSR count). The molecule has 0 fully saturated rings. The van der Waals surface area contributed by atoms with Crippen molar-refractivity contribution >= 4 is 11.9 Å². The van der Waals surface area contributed by atoms with Crippen LogP contribution in [-0.4, -0.2) is 35.0 Å². The Morgan fingerprint density at radius 1 is 1.29 bits per heavy atom. The molecular formula is C13H23NO3. The predicted octanol–water partition coefficient (Wildman–Crippen LogP) is 2.30. The van der Waals surface area contributed by atoms with Crippen LogP contribution in [0.5, 0.6) is 0 Å². The molecule has 1 amide bonds. The number of carbonyl (C=O) groups excluding carboxylic acids is 1. The zero-order valence-corrected chi connectivity index (χ0v) is 10.8. The molecule has 4 heteroatoms. The summed E-state index contributed by atoms with van der Waals surface area (Å²) >= 11 is 0. The summed E-state index contributed by atoms with van der Waals surface area (Å²) in [7, 11) is 0. The third kappa shape index (κ3) is 8.48. The van der Waals surface area contributed by atoms with Gasteiger partial charge in [-0.25, -0.2) is 0 Å². The van der Waals surface area contributed by atoms with Gasteiger partial charge < -0.3 is 10.0 Å². The molecule has 0 aromatic rings. The third-order valence-corrected chi connectivity index (χ3v) is 2.49. The number of carboxylic acid groups (broad SMARTS) is 1. The first kappa shape index (κ1) is 15.7. The standard InChI is InChI=1S/C13H23NO3/c1-4-5-6-12(15)14(9-7-11(2)3)10-8-13(16)17/h4,11H,1,5-10H2,2-3H3,(H,16,17). The summed E-state index contributed by atoms with van der Waals surface area (Å²) in [6.45, 7) is 8.69. The normalized spacial score (nSPS) is 10.3. The highest BCUT2D eigenvalue weighted by molar-refractivity contribution is 5.77. The maximum atomic E-state index is 11.8. The molecule has 98 valence electrons. The maximum Gasteiger partial charge on any atom is 0.305 e. The van der Waals surface area contributed by atoms with Crippen molar-refractivity contribution in [2.24, 2.45) is 5.92 Å². The fourth-order valence-electron chi connectivity index (χ4n) is 1.39. The highest BCUT2D eigenvalue weighted by Gasteiger charge is 2.14. The van der Waals surface area contributed by atoms with Crippen LogP contribution in [-0.2, 0) is 9.59 Å². The number of carboxylic acids is 1. The van der Waals surface area contributed by atoms with E-state index in [1.807, 2.05) is 0 Å². The first-order valence-electron chi connectivity index (χ1n) is 6.07. The fourth-order valence-corrected chi connectivity index (χ4v) is 1.39. The Bertz CT molecular complexity index is 261. The Hall–Kier alpha value is -1.32. The van der Waals surface area contributed by atoms with Gasteiger partial charge in [0.05, 0.1) is 6.42 Å². The van der Waals surface area contributed by atoms with E-state index in [1.165, 1.54) is 0 Å². The molecule has 0 heterocycles. The molecule has 0 saturated carbocycles. The Morgan fingerprint density at radius 2 is 1.94 bits per heavy atom. The Balaban J connectivity index is 4.21. The second-order valence-corrected chi connectivity index (χ2v) is 4.53. The van der Waals surface area contributed by atoms with Crippen LogP contribution in [0.3, 0.4) is 0 Å². The Labute approximate surface area is 103 Å². The van der Waals surface area contributed by atoms with Gasteiger partial charge in [-0.1, -0.05) is 19.9 Å². The third-order valence-electron chi connectivity index (χ3n) is 2.49. The first-order valence-corrected chi connectivity index (χ1v) is 6.07. The summed E-state index contributed by atoms with van der Waals surface area (Å²) in [6, 6.07) is 0. The molecule has 0 unspecified atom stereocenters. The van der Waals surface area contributed by atoms with Crippen LogP contribution in [0.25, 0.3) is 0 Å². The van der Waals surface area contributed by atoms with Crippen molar-refractivity contribution in [3.8, 4) is 0 Å². The number of nitrogens with zero attached hydrogens (tertiary/aromatic N) is 1. The van der Waals surface area contributed by atoms with Crippen molar-refractivity contribution in [2.45, 2.75) is 39.5 Å². The number of carbonyl (C=O) groups is 2. The van der Waals surface area contributed by atoms with Gasteiger partial charge >= 0.3 is 5.97 Å². The molecule has 0 atom stereocenters. The second-order valence-electron chi connectivity index (χ2n) is 4.53. The average Bonchev–Trinajstić information content (AvgIpc) is 2.25. The predicted molar refractivity (Wildman–Crippen MR) is 67.7 cm³/mol. The van der Waals surface area contributed by atoms with Gasteiger partial charge in [0, 0.05) is 19.5 Å². The van der Waals surface area contributed by atoms with Gasteiger partial charge in [-0.2, -0.15) is 0 Å². The van der Waals surface area contributed by atoms with Crippen LogP contribution in [0.15, 0.2) is 12.7 Å². The van der Waals surface area contributed by atoms with E-state index in [9.17, 15) is 9.59 Å². The molecule has 0 aliphatic heterocycles.